The van der Waals surface area contributed by atoms with E-state index in [4.69, 9.17) is 0 Å². The Bertz CT molecular complexity index is 672. The van der Waals surface area contributed by atoms with Gasteiger partial charge in [0.1, 0.15) is 0 Å². The van der Waals surface area contributed by atoms with Crippen LogP contribution in [0.3, 0.4) is 0 Å². The van der Waals surface area contributed by atoms with Crippen LogP contribution in [0.5, 0.6) is 0 Å². The Balaban J connectivity index is 2.86. The molecule has 0 amide bonds. The highest BCUT2D eigenvalue weighted by atomic mass is 14.2. The largest absolute Gasteiger partial charge is 0.103 e. The first-order valence-electron chi connectivity index (χ1n) is 7.14. The van der Waals surface area contributed by atoms with Gasteiger partial charge in [0.25, 0.3) is 0 Å². The quantitative estimate of drug-likeness (QED) is 0.585. The predicted molar refractivity (Wildman–Crippen MR) is 92.0 cm³/mol. The summed E-state index contributed by atoms with van der Waals surface area (Å²) in [7, 11) is 0. The van der Waals surface area contributed by atoms with Crippen LogP contribution in [0.2, 0.25) is 0 Å². The number of aryl methyl sites for hydroxylation is 1. The number of allylic oxidation sites excluding steroid dienone is 2. The SMILES string of the molecule is C=CCCc1c(C=CC)c(C=C)c2ccccc2c1C. The molecule has 0 saturated carbocycles. The summed E-state index contributed by atoms with van der Waals surface area (Å²) in [4.78, 5) is 0. The summed E-state index contributed by atoms with van der Waals surface area (Å²) in [5.41, 5.74) is 5.33. The van der Waals surface area contributed by atoms with Crippen molar-refractivity contribution >= 4 is 22.9 Å². The molecule has 0 saturated heterocycles. The van der Waals surface area contributed by atoms with E-state index >= 15 is 0 Å². The maximum Gasteiger partial charge on any atom is -0.0103 e. The third-order valence-electron chi connectivity index (χ3n) is 3.83. The van der Waals surface area contributed by atoms with Crippen molar-refractivity contribution in [3.63, 3.8) is 0 Å². The van der Waals surface area contributed by atoms with E-state index in [-0.39, 0.29) is 0 Å². The number of rotatable bonds is 5. The topological polar surface area (TPSA) is 0 Å². The second kappa shape index (κ2) is 6.38. The average Bonchev–Trinajstić information content (AvgIpc) is 2.48. The van der Waals surface area contributed by atoms with E-state index < -0.39 is 0 Å². The minimum Gasteiger partial charge on any atom is -0.103 e. The van der Waals surface area contributed by atoms with E-state index in [0.717, 1.165) is 12.8 Å². The van der Waals surface area contributed by atoms with Gasteiger partial charge in [-0.05, 0) is 59.7 Å². The van der Waals surface area contributed by atoms with Gasteiger partial charge in [0, 0.05) is 0 Å². The van der Waals surface area contributed by atoms with E-state index in [1.807, 2.05) is 12.2 Å². The molecule has 0 aliphatic carbocycles. The molecule has 0 bridgehead atoms. The minimum absolute atomic E-state index is 1.00. The van der Waals surface area contributed by atoms with Gasteiger partial charge in [-0.1, -0.05) is 55.1 Å². The van der Waals surface area contributed by atoms with E-state index in [9.17, 15) is 0 Å². The molecule has 0 spiro atoms. The van der Waals surface area contributed by atoms with Crippen molar-refractivity contribution in [2.24, 2.45) is 0 Å². The van der Waals surface area contributed by atoms with Crippen molar-refractivity contribution < 1.29 is 0 Å². The van der Waals surface area contributed by atoms with Crippen LogP contribution in [0.25, 0.3) is 22.9 Å². The molecule has 0 heteroatoms. The van der Waals surface area contributed by atoms with Crippen molar-refractivity contribution in [2.45, 2.75) is 26.7 Å². The third kappa shape index (κ3) is 2.46. The van der Waals surface area contributed by atoms with Gasteiger partial charge in [-0.3, -0.25) is 0 Å². The average molecular weight is 262 g/mol. The lowest BCUT2D eigenvalue weighted by molar-refractivity contribution is 0.989. The molecule has 0 fully saturated rings. The first kappa shape index (κ1) is 14.3. The summed E-state index contributed by atoms with van der Waals surface area (Å²) < 4.78 is 0. The Labute approximate surface area is 122 Å². The second-order valence-electron chi connectivity index (χ2n) is 5.01. The summed E-state index contributed by atoms with van der Waals surface area (Å²) >= 11 is 0. The maximum atomic E-state index is 4.02. The molecule has 0 heterocycles. The molecule has 2 aromatic carbocycles. The molecule has 2 aromatic rings. The predicted octanol–water partition coefficient (Wildman–Crippen LogP) is 5.94. The van der Waals surface area contributed by atoms with E-state index in [2.05, 4.69) is 63.4 Å². The molecule has 0 nitrogen and oxygen atoms in total. The van der Waals surface area contributed by atoms with E-state index in [1.54, 1.807) is 0 Å². The maximum absolute atomic E-state index is 4.02. The molecule has 2 rings (SSSR count). The summed E-state index contributed by atoms with van der Waals surface area (Å²) in [6.07, 6.45) is 10.3. The van der Waals surface area contributed by atoms with Crippen molar-refractivity contribution in [3.05, 3.63) is 71.8 Å². The summed E-state index contributed by atoms with van der Waals surface area (Å²) in [5, 5.41) is 2.62. The van der Waals surface area contributed by atoms with Crippen LogP contribution < -0.4 is 0 Å². The molecule has 0 aliphatic heterocycles. The highest BCUT2D eigenvalue weighted by Crippen LogP contribution is 2.32. The summed E-state index contributed by atoms with van der Waals surface area (Å²) in [5.74, 6) is 0. The number of hydrogen-bond acceptors (Lipinski definition) is 0. The lowest BCUT2D eigenvalue weighted by atomic mass is 9.87. The second-order valence-corrected chi connectivity index (χ2v) is 5.01. The number of hydrogen-bond donors (Lipinski definition) is 0. The van der Waals surface area contributed by atoms with Crippen LogP contribution in [0, 0.1) is 6.92 Å². The van der Waals surface area contributed by atoms with Gasteiger partial charge in [0.05, 0.1) is 0 Å². The first-order chi connectivity index (χ1) is 9.74. The highest BCUT2D eigenvalue weighted by molar-refractivity contribution is 5.97. The van der Waals surface area contributed by atoms with Crippen molar-refractivity contribution in [1.82, 2.24) is 0 Å². The molecular weight excluding hydrogens is 240 g/mol. The fourth-order valence-corrected chi connectivity index (χ4v) is 2.86. The Kier molecular flexibility index (Phi) is 4.57. The molecule has 20 heavy (non-hydrogen) atoms. The van der Waals surface area contributed by atoms with Crippen LogP contribution in [0.4, 0.5) is 0 Å². The molecule has 102 valence electrons. The monoisotopic (exact) mass is 262 g/mol. The van der Waals surface area contributed by atoms with Gasteiger partial charge in [-0.15, -0.1) is 6.58 Å². The molecular formula is C20H22. The molecule has 0 unspecified atom stereocenters. The lowest BCUT2D eigenvalue weighted by Crippen LogP contribution is -1.99. The van der Waals surface area contributed by atoms with Gasteiger partial charge < -0.3 is 0 Å². The zero-order valence-electron chi connectivity index (χ0n) is 12.4. The van der Waals surface area contributed by atoms with Crippen molar-refractivity contribution in [2.75, 3.05) is 0 Å². The summed E-state index contributed by atoms with van der Waals surface area (Å²) in [6, 6.07) is 8.59. The molecule has 0 N–H and O–H groups in total. The van der Waals surface area contributed by atoms with Gasteiger partial charge in [-0.2, -0.15) is 0 Å². The lowest BCUT2D eigenvalue weighted by Gasteiger charge is -2.17. The molecule has 0 aliphatic rings. The van der Waals surface area contributed by atoms with E-state index in [1.165, 1.54) is 33.0 Å². The van der Waals surface area contributed by atoms with Crippen LogP contribution in [-0.4, -0.2) is 0 Å². The smallest absolute Gasteiger partial charge is 0.0103 e. The Morgan fingerprint density at radius 2 is 1.75 bits per heavy atom. The normalized spacial score (nSPS) is 11.1. The summed E-state index contributed by atoms with van der Waals surface area (Å²) in [6.45, 7) is 12.2. The zero-order valence-corrected chi connectivity index (χ0v) is 12.4. The standard InChI is InChI=1S/C20H22/c1-5-8-12-17-15(4)18-13-9-10-14-20(18)16(7-3)19(17)11-6-2/h5-7,9-11,13-14H,1,3,8,12H2,2,4H3. The third-order valence-corrected chi connectivity index (χ3v) is 3.83. The first-order valence-corrected chi connectivity index (χ1v) is 7.14. The Morgan fingerprint density at radius 1 is 1.05 bits per heavy atom. The van der Waals surface area contributed by atoms with Crippen LogP contribution in [0.1, 0.15) is 35.6 Å². The Hall–Kier alpha value is -2.08. The Morgan fingerprint density at radius 3 is 2.35 bits per heavy atom. The van der Waals surface area contributed by atoms with Gasteiger partial charge in [-0.25, -0.2) is 0 Å². The zero-order chi connectivity index (χ0) is 14.5. The fraction of sp³-hybridized carbons (Fsp3) is 0.200. The molecule has 0 aromatic heterocycles. The van der Waals surface area contributed by atoms with Crippen molar-refractivity contribution in [1.29, 1.82) is 0 Å². The minimum atomic E-state index is 1.00. The highest BCUT2D eigenvalue weighted by Gasteiger charge is 2.12. The van der Waals surface area contributed by atoms with E-state index in [0.29, 0.717) is 0 Å². The molecule has 0 radical (unpaired) electrons. The number of benzene rings is 2. The van der Waals surface area contributed by atoms with Gasteiger partial charge in [0.15, 0.2) is 0 Å². The number of fused-ring (bicyclic) bond motifs is 1. The van der Waals surface area contributed by atoms with Crippen LogP contribution in [-0.2, 0) is 6.42 Å². The van der Waals surface area contributed by atoms with Gasteiger partial charge in [0.2, 0.25) is 0 Å². The van der Waals surface area contributed by atoms with Crippen LogP contribution in [0.15, 0.2) is 49.6 Å². The van der Waals surface area contributed by atoms with Crippen molar-refractivity contribution in [3.8, 4) is 0 Å². The molecule has 0 atom stereocenters. The van der Waals surface area contributed by atoms with Crippen LogP contribution >= 0.6 is 0 Å². The van der Waals surface area contributed by atoms with Gasteiger partial charge >= 0.3 is 0 Å². The fourth-order valence-electron chi connectivity index (χ4n) is 2.86.